The number of rotatable bonds is 2. The van der Waals surface area contributed by atoms with Crippen LogP contribution in [-0.4, -0.2) is 15.8 Å². The van der Waals surface area contributed by atoms with Gasteiger partial charge in [0.15, 0.2) is 5.82 Å². The Balaban J connectivity index is 2.44. The number of halogens is 1. The quantitative estimate of drug-likeness (QED) is 0.911. The zero-order chi connectivity index (χ0) is 9.97. The fourth-order valence-corrected chi connectivity index (χ4v) is 1.99. The van der Waals surface area contributed by atoms with Gasteiger partial charge in [0.1, 0.15) is 5.69 Å². The minimum Gasteiger partial charge on any atom is -0.370 e. The molecule has 0 spiro atoms. The Morgan fingerprint density at radius 2 is 1.93 bits per heavy atom. The summed E-state index contributed by atoms with van der Waals surface area (Å²) in [4.78, 5) is 0. The number of benzene rings is 1. The predicted octanol–water partition coefficient (Wildman–Crippen LogP) is 3.01. The van der Waals surface area contributed by atoms with E-state index in [2.05, 4.69) is 30.0 Å². The highest BCUT2D eigenvalue weighted by atomic mass is 79.9. The number of aromatic nitrogens is 2. The van der Waals surface area contributed by atoms with Gasteiger partial charge in [-0.05, 0) is 12.1 Å². The topological polar surface area (TPSA) is 37.8 Å². The molecule has 5 heteroatoms. The fourth-order valence-electron chi connectivity index (χ4n) is 1.15. The number of hydrogen-bond donors (Lipinski definition) is 1. The lowest BCUT2D eigenvalue weighted by molar-refractivity contribution is 1.40. The molecule has 0 aliphatic heterocycles. The van der Waals surface area contributed by atoms with Gasteiger partial charge in [-0.3, -0.25) is 0 Å². The third-order valence-electron chi connectivity index (χ3n) is 1.84. The van der Waals surface area contributed by atoms with E-state index in [1.165, 1.54) is 11.7 Å². The van der Waals surface area contributed by atoms with E-state index in [0.29, 0.717) is 0 Å². The summed E-state index contributed by atoms with van der Waals surface area (Å²) in [7, 11) is 1.85. The minimum absolute atomic E-state index is 0.831. The van der Waals surface area contributed by atoms with Gasteiger partial charge in [-0.2, -0.15) is 8.75 Å². The van der Waals surface area contributed by atoms with Crippen molar-refractivity contribution in [3.8, 4) is 11.3 Å². The summed E-state index contributed by atoms with van der Waals surface area (Å²) < 4.78 is 9.45. The number of anilines is 1. The van der Waals surface area contributed by atoms with Crippen molar-refractivity contribution in [2.45, 2.75) is 0 Å². The summed E-state index contributed by atoms with van der Waals surface area (Å²) in [5.41, 5.74) is 1.98. The Labute approximate surface area is 94.6 Å². The lowest BCUT2D eigenvalue weighted by Crippen LogP contribution is -1.90. The van der Waals surface area contributed by atoms with Crippen LogP contribution in [0.5, 0.6) is 0 Å². The highest BCUT2D eigenvalue weighted by Crippen LogP contribution is 2.26. The van der Waals surface area contributed by atoms with Crippen molar-refractivity contribution in [3.05, 3.63) is 28.7 Å². The Bertz CT molecular complexity index is 424. The average molecular weight is 270 g/mol. The van der Waals surface area contributed by atoms with E-state index < -0.39 is 0 Å². The molecule has 0 saturated carbocycles. The second-order valence-electron chi connectivity index (χ2n) is 2.72. The van der Waals surface area contributed by atoms with Gasteiger partial charge in [0.2, 0.25) is 0 Å². The van der Waals surface area contributed by atoms with E-state index in [1.807, 2.05) is 31.3 Å². The van der Waals surface area contributed by atoms with Gasteiger partial charge in [-0.1, -0.05) is 28.1 Å². The van der Waals surface area contributed by atoms with Crippen molar-refractivity contribution in [2.24, 2.45) is 0 Å². The SMILES string of the molecule is CNc1nsnc1-c1ccc(Br)cc1. The summed E-state index contributed by atoms with van der Waals surface area (Å²) in [6.07, 6.45) is 0. The van der Waals surface area contributed by atoms with Crippen molar-refractivity contribution < 1.29 is 0 Å². The first-order chi connectivity index (χ1) is 6.81. The molecule has 0 atom stereocenters. The minimum atomic E-state index is 0.831. The molecule has 0 amide bonds. The average Bonchev–Trinajstić information content (AvgIpc) is 2.67. The zero-order valence-corrected chi connectivity index (χ0v) is 9.89. The van der Waals surface area contributed by atoms with Crippen LogP contribution in [0.2, 0.25) is 0 Å². The van der Waals surface area contributed by atoms with Crippen LogP contribution in [0.3, 0.4) is 0 Å². The van der Waals surface area contributed by atoms with Crippen LogP contribution in [0, 0.1) is 0 Å². The monoisotopic (exact) mass is 269 g/mol. The summed E-state index contributed by atoms with van der Waals surface area (Å²) in [5.74, 6) is 0.831. The first kappa shape index (κ1) is 9.61. The maximum absolute atomic E-state index is 4.24. The van der Waals surface area contributed by atoms with Gasteiger partial charge in [0.25, 0.3) is 0 Å². The van der Waals surface area contributed by atoms with E-state index in [1.54, 1.807) is 0 Å². The van der Waals surface area contributed by atoms with Gasteiger partial charge in [-0.15, -0.1) is 0 Å². The molecule has 0 fully saturated rings. The van der Waals surface area contributed by atoms with E-state index in [-0.39, 0.29) is 0 Å². The van der Waals surface area contributed by atoms with E-state index >= 15 is 0 Å². The van der Waals surface area contributed by atoms with Crippen molar-refractivity contribution >= 4 is 33.5 Å². The molecule has 1 heterocycles. The van der Waals surface area contributed by atoms with Crippen LogP contribution in [0.1, 0.15) is 0 Å². The first-order valence-corrected chi connectivity index (χ1v) is 5.60. The summed E-state index contributed by atoms with van der Waals surface area (Å²) in [5, 5.41) is 3.01. The predicted molar refractivity (Wildman–Crippen MR) is 62.6 cm³/mol. The van der Waals surface area contributed by atoms with Crippen molar-refractivity contribution in [1.82, 2.24) is 8.75 Å². The lowest BCUT2D eigenvalue weighted by Gasteiger charge is -1.99. The summed E-state index contributed by atoms with van der Waals surface area (Å²) >= 11 is 4.61. The highest BCUT2D eigenvalue weighted by Gasteiger charge is 2.07. The van der Waals surface area contributed by atoms with Crippen molar-refractivity contribution in [2.75, 3.05) is 12.4 Å². The normalized spacial score (nSPS) is 10.1. The Morgan fingerprint density at radius 3 is 2.57 bits per heavy atom. The van der Waals surface area contributed by atoms with Crippen LogP contribution >= 0.6 is 27.7 Å². The molecule has 0 unspecified atom stereocenters. The molecule has 2 aromatic rings. The van der Waals surface area contributed by atoms with Crippen LogP contribution in [0.4, 0.5) is 5.82 Å². The molecular weight excluding hydrogens is 262 g/mol. The van der Waals surface area contributed by atoms with E-state index in [9.17, 15) is 0 Å². The first-order valence-electron chi connectivity index (χ1n) is 4.07. The molecule has 2 rings (SSSR count). The van der Waals surface area contributed by atoms with Crippen molar-refractivity contribution in [1.29, 1.82) is 0 Å². The number of nitrogens with zero attached hydrogens (tertiary/aromatic N) is 2. The smallest absolute Gasteiger partial charge is 0.167 e. The standard InChI is InChI=1S/C9H8BrN3S/c1-11-9-8(12-14-13-9)6-2-4-7(10)5-3-6/h2-5H,1H3,(H,11,13). The van der Waals surface area contributed by atoms with Gasteiger partial charge < -0.3 is 5.32 Å². The molecule has 1 aromatic carbocycles. The van der Waals surface area contributed by atoms with Gasteiger partial charge >= 0.3 is 0 Å². The molecule has 1 N–H and O–H groups in total. The summed E-state index contributed by atoms with van der Waals surface area (Å²) in [6.45, 7) is 0. The molecule has 0 aliphatic carbocycles. The second-order valence-corrected chi connectivity index (χ2v) is 4.16. The molecule has 0 saturated heterocycles. The summed E-state index contributed by atoms with van der Waals surface area (Å²) in [6, 6.07) is 8.02. The fraction of sp³-hybridized carbons (Fsp3) is 0.111. The molecule has 3 nitrogen and oxygen atoms in total. The van der Waals surface area contributed by atoms with Crippen LogP contribution < -0.4 is 5.32 Å². The van der Waals surface area contributed by atoms with E-state index in [0.717, 1.165) is 21.5 Å². The van der Waals surface area contributed by atoms with Gasteiger partial charge in [0.05, 0.1) is 11.7 Å². The van der Waals surface area contributed by atoms with Gasteiger partial charge in [-0.25, -0.2) is 0 Å². The van der Waals surface area contributed by atoms with Crippen molar-refractivity contribution in [3.63, 3.8) is 0 Å². The van der Waals surface area contributed by atoms with Gasteiger partial charge in [0, 0.05) is 17.1 Å². The van der Waals surface area contributed by atoms with Crippen LogP contribution in [0.15, 0.2) is 28.7 Å². The largest absolute Gasteiger partial charge is 0.370 e. The Hall–Kier alpha value is -0.940. The zero-order valence-electron chi connectivity index (χ0n) is 7.49. The molecule has 72 valence electrons. The van der Waals surface area contributed by atoms with E-state index in [4.69, 9.17) is 0 Å². The second kappa shape index (κ2) is 4.06. The molecule has 14 heavy (non-hydrogen) atoms. The van der Waals surface area contributed by atoms with Crippen LogP contribution in [-0.2, 0) is 0 Å². The maximum Gasteiger partial charge on any atom is 0.167 e. The number of hydrogen-bond acceptors (Lipinski definition) is 4. The highest BCUT2D eigenvalue weighted by molar-refractivity contribution is 9.10. The molecule has 1 aromatic heterocycles. The molecule has 0 bridgehead atoms. The number of nitrogens with one attached hydrogen (secondary N) is 1. The molecule has 0 radical (unpaired) electrons. The van der Waals surface area contributed by atoms with Crippen LogP contribution in [0.25, 0.3) is 11.3 Å². The Kier molecular flexibility index (Phi) is 2.79. The third kappa shape index (κ3) is 1.78. The lowest BCUT2D eigenvalue weighted by atomic mass is 10.1. The molecule has 0 aliphatic rings. The Morgan fingerprint density at radius 1 is 1.21 bits per heavy atom. The molecular formula is C9H8BrN3S. The third-order valence-corrected chi connectivity index (χ3v) is 2.90. The maximum atomic E-state index is 4.24.